The second kappa shape index (κ2) is 8.98. The van der Waals surface area contributed by atoms with Crippen LogP contribution in [0.15, 0.2) is 0 Å². The third kappa shape index (κ3) is 8.87. The molecule has 0 radical (unpaired) electrons. The summed E-state index contributed by atoms with van der Waals surface area (Å²) >= 11 is 0. The minimum Gasteiger partial charge on any atom is -0.465 e. The van der Waals surface area contributed by atoms with Crippen LogP contribution in [-0.2, 0) is 4.79 Å². The molecule has 0 aromatic rings. The molecule has 0 spiro atoms. The van der Waals surface area contributed by atoms with Crippen LogP contribution in [0.25, 0.3) is 0 Å². The van der Waals surface area contributed by atoms with Crippen molar-refractivity contribution in [3.05, 3.63) is 0 Å². The summed E-state index contributed by atoms with van der Waals surface area (Å²) in [5, 5.41) is 17.3. The van der Waals surface area contributed by atoms with Gasteiger partial charge in [-0.05, 0) is 33.1 Å². The summed E-state index contributed by atoms with van der Waals surface area (Å²) in [5.74, 6) is 0.573. The highest BCUT2D eigenvalue weighted by atomic mass is 16.4. The van der Waals surface area contributed by atoms with Crippen LogP contribution in [0.3, 0.4) is 0 Å². The Hall–Kier alpha value is -1.30. The molecule has 0 saturated heterocycles. The zero-order valence-electron chi connectivity index (χ0n) is 14.1. The van der Waals surface area contributed by atoms with E-state index < -0.39 is 6.09 Å². The second-order valence-corrected chi connectivity index (χ2v) is 7.30. The van der Waals surface area contributed by atoms with Crippen LogP contribution in [0.5, 0.6) is 0 Å². The lowest BCUT2D eigenvalue weighted by molar-refractivity contribution is -0.121. The predicted octanol–water partition coefficient (Wildman–Crippen LogP) is 2.10. The fraction of sp³-hybridized carbons (Fsp3) is 0.875. The van der Waals surface area contributed by atoms with E-state index in [4.69, 9.17) is 5.11 Å². The Kier molecular flexibility index (Phi) is 7.65. The van der Waals surface area contributed by atoms with Gasteiger partial charge in [0.2, 0.25) is 5.91 Å². The van der Waals surface area contributed by atoms with Gasteiger partial charge in [0.15, 0.2) is 0 Å². The lowest BCUT2D eigenvalue weighted by atomic mass is 9.85. The second-order valence-electron chi connectivity index (χ2n) is 7.30. The van der Waals surface area contributed by atoms with Crippen molar-refractivity contribution in [1.82, 2.24) is 16.0 Å². The molecule has 1 fully saturated rings. The number of rotatable bonds is 7. The third-order valence-corrected chi connectivity index (χ3v) is 3.91. The third-order valence-electron chi connectivity index (χ3n) is 3.91. The summed E-state index contributed by atoms with van der Waals surface area (Å²) in [6.07, 6.45) is 6.13. The van der Waals surface area contributed by atoms with Gasteiger partial charge < -0.3 is 21.1 Å². The number of carbonyl (C=O) groups excluding carboxylic acids is 1. The molecule has 2 amide bonds. The first-order valence-electron chi connectivity index (χ1n) is 8.27. The molecule has 1 aliphatic rings. The van der Waals surface area contributed by atoms with Gasteiger partial charge in [-0.25, -0.2) is 4.79 Å². The van der Waals surface area contributed by atoms with Crippen LogP contribution in [0.2, 0.25) is 0 Å². The van der Waals surface area contributed by atoms with E-state index in [0.29, 0.717) is 12.5 Å². The molecule has 128 valence electrons. The molecule has 0 heterocycles. The van der Waals surface area contributed by atoms with Crippen LogP contribution in [-0.4, -0.2) is 41.8 Å². The average molecular weight is 313 g/mol. The standard InChI is InChI=1S/C16H31N3O3/c1-16(2,3)19-14(20)11-17-13(10-18-15(21)22)9-12-7-5-4-6-8-12/h12-13,17-18H,4-11H2,1-3H3,(H,19,20)(H,21,22)/t13-/m0/s1. The molecule has 1 aliphatic carbocycles. The van der Waals surface area contributed by atoms with Gasteiger partial charge in [0.05, 0.1) is 6.54 Å². The first kappa shape index (κ1) is 18.7. The number of hydrogen-bond donors (Lipinski definition) is 4. The van der Waals surface area contributed by atoms with Gasteiger partial charge in [-0.3, -0.25) is 4.79 Å². The number of amides is 2. The summed E-state index contributed by atoms with van der Waals surface area (Å²) in [6.45, 7) is 6.38. The van der Waals surface area contributed by atoms with Crippen molar-refractivity contribution < 1.29 is 14.7 Å². The zero-order chi connectivity index (χ0) is 16.6. The van der Waals surface area contributed by atoms with Gasteiger partial charge >= 0.3 is 6.09 Å². The largest absolute Gasteiger partial charge is 0.465 e. The summed E-state index contributed by atoms with van der Waals surface area (Å²) in [7, 11) is 0. The van der Waals surface area contributed by atoms with Crippen molar-refractivity contribution in [1.29, 1.82) is 0 Å². The highest BCUT2D eigenvalue weighted by Crippen LogP contribution is 2.27. The normalized spacial score (nSPS) is 17.8. The average Bonchev–Trinajstić information content (AvgIpc) is 2.41. The fourth-order valence-electron chi connectivity index (χ4n) is 2.97. The monoisotopic (exact) mass is 313 g/mol. The number of carboxylic acid groups (broad SMARTS) is 1. The van der Waals surface area contributed by atoms with Gasteiger partial charge in [0, 0.05) is 18.1 Å². The molecule has 0 aliphatic heterocycles. The molecule has 4 N–H and O–H groups in total. The summed E-state index contributed by atoms with van der Waals surface area (Å²) < 4.78 is 0. The molecule has 1 rings (SSSR count). The van der Waals surface area contributed by atoms with Crippen molar-refractivity contribution in [2.75, 3.05) is 13.1 Å². The topological polar surface area (TPSA) is 90.5 Å². The van der Waals surface area contributed by atoms with E-state index in [2.05, 4.69) is 16.0 Å². The summed E-state index contributed by atoms with van der Waals surface area (Å²) in [6, 6.07) is 0.00455. The molecular formula is C16H31N3O3. The van der Waals surface area contributed by atoms with Gasteiger partial charge in [0.25, 0.3) is 0 Å². The molecule has 1 atom stereocenters. The van der Waals surface area contributed by atoms with Crippen LogP contribution >= 0.6 is 0 Å². The van der Waals surface area contributed by atoms with E-state index in [-0.39, 0.29) is 24.0 Å². The van der Waals surface area contributed by atoms with E-state index in [1.165, 1.54) is 32.1 Å². The van der Waals surface area contributed by atoms with Crippen molar-refractivity contribution in [3.63, 3.8) is 0 Å². The number of hydrogen-bond acceptors (Lipinski definition) is 3. The van der Waals surface area contributed by atoms with Gasteiger partial charge in [-0.2, -0.15) is 0 Å². The smallest absolute Gasteiger partial charge is 0.404 e. The first-order chi connectivity index (χ1) is 10.3. The predicted molar refractivity (Wildman–Crippen MR) is 86.9 cm³/mol. The Labute approximate surface area is 133 Å². The van der Waals surface area contributed by atoms with Crippen molar-refractivity contribution in [3.8, 4) is 0 Å². The molecular weight excluding hydrogens is 282 g/mol. The maximum absolute atomic E-state index is 11.9. The summed E-state index contributed by atoms with van der Waals surface area (Å²) in [4.78, 5) is 22.6. The van der Waals surface area contributed by atoms with Gasteiger partial charge in [0.1, 0.15) is 0 Å². The minimum atomic E-state index is -1.02. The fourth-order valence-corrected chi connectivity index (χ4v) is 2.97. The highest BCUT2D eigenvalue weighted by molar-refractivity contribution is 5.78. The Balaban J connectivity index is 2.42. The maximum atomic E-state index is 11.9. The van der Waals surface area contributed by atoms with E-state index in [1.807, 2.05) is 20.8 Å². The molecule has 6 nitrogen and oxygen atoms in total. The van der Waals surface area contributed by atoms with Crippen LogP contribution in [0.1, 0.15) is 59.3 Å². The maximum Gasteiger partial charge on any atom is 0.404 e. The van der Waals surface area contributed by atoms with E-state index in [1.54, 1.807) is 0 Å². The minimum absolute atomic E-state index is 0.00455. The SMILES string of the molecule is CC(C)(C)NC(=O)CN[C@H](CNC(=O)O)CC1CCCCC1. The van der Waals surface area contributed by atoms with E-state index in [9.17, 15) is 9.59 Å². The Morgan fingerprint density at radius 3 is 2.36 bits per heavy atom. The van der Waals surface area contributed by atoms with Crippen molar-refractivity contribution >= 4 is 12.0 Å². The Bertz CT molecular complexity index is 360. The zero-order valence-corrected chi connectivity index (χ0v) is 14.1. The number of nitrogens with one attached hydrogen (secondary N) is 3. The van der Waals surface area contributed by atoms with Gasteiger partial charge in [-0.1, -0.05) is 32.1 Å². The molecule has 22 heavy (non-hydrogen) atoms. The quantitative estimate of drug-likeness (QED) is 0.579. The lowest BCUT2D eigenvalue weighted by Crippen LogP contribution is -2.49. The first-order valence-corrected chi connectivity index (χ1v) is 8.27. The highest BCUT2D eigenvalue weighted by Gasteiger charge is 2.21. The molecule has 1 saturated carbocycles. The Morgan fingerprint density at radius 2 is 1.82 bits per heavy atom. The van der Waals surface area contributed by atoms with Crippen molar-refractivity contribution in [2.24, 2.45) is 5.92 Å². The molecule has 0 aromatic carbocycles. The molecule has 0 aromatic heterocycles. The van der Waals surface area contributed by atoms with E-state index in [0.717, 1.165) is 6.42 Å². The summed E-state index contributed by atoms with van der Waals surface area (Å²) in [5.41, 5.74) is -0.253. The number of carbonyl (C=O) groups is 2. The van der Waals surface area contributed by atoms with Gasteiger partial charge in [-0.15, -0.1) is 0 Å². The van der Waals surface area contributed by atoms with Crippen LogP contribution in [0.4, 0.5) is 4.79 Å². The van der Waals surface area contributed by atoms with Crippen molar-refractivity contribution in [2.45, 2.75) is 70.9 Å². The van der Waals surface area contributed by atoms with E-state index >= 15 is 0 Å². The van der Waals surface area contributed by atoms with Crippen LogP contribution in [0, 0.1) is 5.92 Å². The molecule has 0 unspecified atom stereocenters. The lowest BCUT2D eigenvalue weighted by Gasteiger charge is -2.28. The van der Waals surface area contributed by atoms with Crippen LogP contribution < -0.4 is 16.0 Å². The molecule has 6 heteroatoms. The Morgan fingerprint density at radius 1 is 1.18 bits per heavy atom. The molecule has 0 bridgehead atoms.